The zero-order chi connectivity index (χ0) is 26.1. The Hall–Kier alpha value is -3.84. The monoisotopic (exact) mass is 497 g/mol. The Kier molecular flexibility index (Phi) is 6.89. The Morgan fingerprint density at radius 3 is 2.57 bits per heavy atom. The van der Waals surface area contributed by atoms with E-state index in [1.54, 1.807) is 6.20 Å². The fourth-order valence-corrected chi connectivity index (χ4v) is 4.95. The van der Waals surface area contributed by atoms with E-state index in [1.165, 1.54) is 11.3 Å². The largest absolute Gasteiger partial charge is 0.459 e. The van der Waals surface area contributed by atoms with Crippen molar-refractivity contribution in [2.75, 3.05) is 50.5 Å². The molecule has 4 aromatic rings. The SMILES string of the molecule is CNc1cc(-c2c(-c3cccc(N4CCN(C)CC4)c3)[nH]c3ncc(C(=O)OC(C)C)cc23)ccc1C. The van der Waals surface area contributed by atoms with Crippen LogP contribution in [0.1, 0.15) is 29.8 Å². The summed E-state index contributed by atoms with van der Waals surface area (Å²) in [4.78, 5) is 25.7. The van der Waals surface area contributed by atoms with Crippen LogP contribution in [-0.2, 0) is 4.74 Å². The molecule has 3 heterocycles. The van der Waals surface area contributed by atoms with Crippen molar-refractivity contribution in [3.63, 3.8) is 0 Å². The molecule has 0 unspecified atom stereocenters. The number of hydrogen-bond donors (Lipinski definition) is 2. The molecule has 0 spiro atoms. The number of aromatic amines is 1. The lowest BCUT2D eigenvalue weighted by Gasteiger charge is -2.34. The first kappa shape index (κ1) is 24.8. The van der Waals surface area contributed by atoms with Crippen molar-refractivity contribution in [2.45, 2.75) is 26.9 Å². The van der Waals surface area contributed by atoms with Crippen LogP contribution in [-0.4, -0.2) is 67.2 Å². The molecule has 7 nitrogen and oxygen atoms in total. The molecule has 1 aliphatic rings. The van der Waals surface area contributed by atoms with Gasteiger partial charge in [0, 0.05) is 67.3 Å². The van der Waals surface area contributed by atoms with Crippen molar-refractivity contribution in [3.05, 3.63) is 65.9 Å². The number of aryl methyl sites for hydroxylation is 1. The molecule has 1 aliphatic heterocycles. The van der Waals surface area contributed by atoms with Gasteiger partial charge in [-0.1, -0.05) is 24.3 Å². The maximum absolute atomic E-state index is 12.7. The topological polar surface area (TPSA) is 73.5 Å². The van der Waals surface area contributed by atoms with Gasteiger partial charge in [-0.2, -0.15) is 0 Å². The number of likely N-dealkylation sites (N-methyl/N-ethyl adjacent to an activating group) is 1. The van der Waals surface area contributed by atoms with E-state index >= 15 is 0 Å². The number of rotatable bonds is 6. The third-order valence-corrected chi connectivity index (χ3v) is 7.03. The number of nitrogens with one attached hydrogen (secondary N) is 2. The number of aromatic nitrogens is 2. The number of pyridine rings is 1. The molecular formula is C30H35N5O2. The van der Waals surface area contributed by atoms with E-state index in [4.69, 9.17) is 4.74 Å². The van der Waals surface area contributed by atoms with E-state index in [2.05, 4.69) is 81.5 Å². The second kappa shape index (κ2) is 10.3. The van der Waals surface area contributed by atoms with Crippen LogP contribution in [0, 0.1) is 6.92 Å². The van der Waals surface area contributed by atoms with E-state index in [9.17, 15) is 4.79 Å². The highest BCUT2D eigenvalue weighted by Crippen LogP contribution is 2.40. The first-order chi connectivity index (χ1) is 17.8. The maximum atomic E-state index is 12.7. The summed E-state index contributed by atoms with van der Waals surface area (Å²) in [5, 5.41) is 4.19. The van der Waals surface area contributed by atoms with Gasteiger partial charge in [-0.3, -0.25) is 0 Å². The second-order valence-electron chi connectivity index (χ2n) is 10.1. The lowest BCUT2D eigenvalue weighted by molar-refractivity contribution is 0.0377. The minimum Gasteiger partial charge on any atom is -0.459 e. The van der Waals surface area contributed by atoms with Crippen LogP contribution in [0.2, 0.25) is 0 Å². The minimum absolute atomic E-state index is 0.197. The van der Waals surface area contributed by atoms with Crippen molar-refractivity contribution in [1.29, 1.82) is 0 Å². The van der Waals surface area contributed by atoms with Crippen LogP contribution >= 0.6 is 0 Å². The lowest BCUT2D eigenvalue weighted by Crippen LogP contribution is -2.44. The molecule has 0 amide bonds. The number of carbonyl (C=O) groups excluding carboxylic acids is 1. The molecular weight excluding hydrogens is 462 g/mol. The summed E-state index contributed by atoms with van der Waals surface area (Å²) in [5.41, 5.74) is 8.77. The molecule has 7 heteroatoms. The summed E-state index contributed by atoms with van der Waals surface area (Å²) in [6.07, 6.45) is 1.39. The third-order valence-electron chi connectivity index (χ3n) is 7.03. The van der Waals surface area contributed by atoms with Crippen molar-refractivity contribution in [2.24, 2.45) is 0 Å². The summed E-state index contributed by atoms with van der Waals surface area (Å²) in [5.74, 6) is -0.366. The van der Waals surface area contributed by atoms with Gasteiger partial charge in [-0.25, -0.2) is 9.78 Å². The number of esters is 1. The van der Waals surface area contributed by atoms with Crippen LogP contribution < -0.4 is 10.2 Å². The van der Waals surface area contributed by atoms with Crippen molar-refractivity contribution in [3.8, 4) is 22.4 Å². The maximum Gasteiger partial charge on any atom is 0.339 e. The summed E-state index contributed by atoms with van der Waals surface area (Å²) in [6, 6.07) is 17.0. The number of benzene rings is 2. The zero-order valence-corrected chi connectivity index (χ0v) is 22.3. The Labute approximate surface area is 218 Å². The molecule has 2 aromatic carbocycles. The Morgan fingerprint density at radius 1 is 1.05 bits per heavy atom. The van der Waals surface area contributed by atoms with E-state index in [-0.39, 0.29) is 12.1 Å². The Morgan fingerprint density at radius 2 is 1.84 bits per heavy atom. The van der Waals surface area contributed by atoms with Crippen LogP contribution in [0.15, 0.2) is 54.7 Å². The van der Waals surface area contributed by atoms with Gasteiger partial charge in [-0.05, 0) is 63.2 Å². The number of fused-ring (bicyclic) bond motifs is 1. The smallest absolute Gasteiger partial charge is 0.339 e. The molecule has 192 valence electrons. The van der Waals surface area contributed by atoms with Gasteiger partial charge in [0.2, 0.25) is 0 Å². The zero-order valence-electron chi connectivity index (χ0n) is 22.3. The van der Waals surface area contributed by atoms with E-state index in [0.29, 0.717) is 5.56 Å². The average molecular weight is 498 g/mol. The average Bonchev–Trinajstić information content (AvgIpc) is 3.28. The standard InChI is InChI=1S/C30H35N5O2/c1-19(2)37-30(36)23-16-25-27(21-10-9-20(3)26(17-21)31-4)28(33-29(25)32-18-23)22-7-6-8-24(15-22)35-13-11-34(5)12-14-35/h6-10,15-19,31H,11-14H2,1-5H3,(H,32,33). The molecule has 0 aliphatic carbocycles. The molecule has 2 aromatic heterocycles. The molecule has 1 fully saturated rings. The summed E-state index contributed by atoms with van der Waals surface area (Å²) in [7, 11) is 4.10. The number of H-pyrrole nitrogens is 1. The number of ether oxygens (including phenoxy) is 1. The van der Waals surface area contributed by atoms with Crippen LogP contribution in [0.4, 0.5) is 11.4 Å². The second-order valence-corrected chi connectivity index (χ2v) is 10.1. The fourth-order valence-electron chi connectivity index (χ4n) is 4.95. The normalized spacial score (nSPS) is 14.4. The first-order valence-corrected chi connectivity index (χ1v) is 12.9. The van der Waals surface area contributed by atoms with Crippen molar-refractivity contribution in [1.82, 2.24) is 14.9 Å². The van der Waals surface area contributed by atoms with Crippen LogP contribution in [0.25, 0.3) is 33.4 Å². The van der Waals surface area contributed by atoms with Gasteiger partial charge < -0.3 is 24.8 Å². The first-order valence-electron chi connectivity index (χ1n) is 12.9. The Bertz CT molecular complexity index is 1430. The number of hydrogen-bond acceptors (Lipinski definition) is 6. The Balaban J connectivity index is 1.67. The molecule has 1 saturated heterocycles. The fraction of sp³-hybridized carbons (Fsp3) is 0.333. The summed E-state index contributed by atoms with van der Waals surface area (Å²) >= 11 is 0. The molecule has 0 radical (unpaired) electrons. The highest BCUT2D eigenvalue weighted by molar-refractivity contribution is 6.05. The number of carbonyl (C=O) groups is 1. The predicted molar refractivity (Wildman–Crippen MR) is 152 cm³/mol. The van der Waals surface area contributed by atoms with E-state index in [1.807, 2.05) is 27.0 Å². The van der Waals surface area contributed by atoms with Gasteiger partial charge in [0.15, 0.2) is 0 Å². The molecule has 5 rings (SSSR count). The quantitative estimate of drug-likeness (QED) is 0.340. The van der Waals surface area contributed by atoms with Gasteiger partial charge in [0.25, 0.3) is 0 Å². The van der Waals surface area contributed by atoms with Gasteiger partial charge in [0.05, 0.1) is 17.4 Å². The molecule has 0 atom stereocenters. The molecule has 0 bridgehead atoms. The van der Waals surface area contributed by atoms with Gasteiger partial charge >= 0.3 is 5.97 Å². The molecule has 2 N–H and O–H groups in total. The van der Waals surface area contributed by atoms with Crippen molar-refractivity contribution >= 4 is 28.4 Å². The van der Waals surface area contributed by atoms with Crippen LogP contribution in [0.5, 0.6) is 0 Å². The van der Waals surface area contributed by atoms with Gasteiger partial charge in [-0.15, -0.1) is 0 Å². The lowest BCUT2D eigenvalue weighted by atomic mass is 9.96. The van der Waals surface area contributed by atoms with Crippen molar-refractivity contribution < 1.29 is 9.53 Å². The molecule has 37 heavy (non-hydrogen) atoms. The molecule has 0 saturated carbocycles. The van der Waals surface area contributed by atoms with Gasteiger partial charge in [0.1, 0.15) is 5.65 Å². The number of piperazine rings is 1. The minimum atomic E-state index is -0.366. The third kappa shape index (κ3) is 5.04. The highest BCUT2D eigenvalue weighted by Gasteiger charge is 2.21. The predicted octanol–water partition coefficient (Wildman–Crippen LogP) is 5.56. The summed E-state index contributed by atoms with van der Waals surface area (Å²) in [6.45, 7) is 9.91. The summed E-state index contributed by atoms with van der Waals surface area (Å²) < 4.78 is 5.46. The van der Waals surface area contributed by atoms with Crippen LogP contribution in [0.3, 0.4) is 0 Å². The number of nitrogens with zero attached hydrogens (tertiary/aromatic N) is 3. The highest BCUT2D eigenvalue weighted by atomic mass is 16.5. The number of anilines is 2. The van der Waals surface area contributed by atoms with E-state index < -0.39 is 0 Å². The van der Waals surface area contributed by atoms with E-state index in [0.717, 1.165) is 65.3 Å².